The van der Waals surface area contributed by atoms with Gasteiger partial charge in [-0.05, 0) is 87.2 Å². The van der Waals surface area contributed by atoms with E-state index in [1.54, 1.807) is 0 Å². The third kappa shape index (κ3) is 7.43. The molecule has 2 aromatic heterocycles. The van der Waals surface area contributed by atoms with Crippen LogP contribution < -0.4 is 26.2 Å². The van der Waals surface area contributed by atoms with Crippen LogP contribution in [0.4, 0.5) is 34.6 Å². The van der Waals surface area contributed by atoms with Crippen molar-refractivity contribution in [3.05, 3.63) is 90.6 Å². The Balaban J connectivity index is 0.884. The number of imide groups is 1. The van der Waals surface area contributed by atoms with Crippen LogP contribution in [0.5, 0.6) is 0 Å². The number of benzene rings is 3. The molecule has 2 amide bonds. The summed E-state index contributed by atoms with van der Waals surface area (Å²) in [7, 11) is 2.18. The second-order valence-electron chi connectivity index (χ2n) is 14.2. The molecule has 4 N–H and O–H groups in total. The summed E-state index contributed by atoms with van der Waals surface area (Å²) in [6.45, 7) is 2.73. The fraction of sp³-hybridized carbons (Fsp3) is 0.375. The van der Waals surface area contributed by atoms with E-state index in [0.29, 0.717) is 30.9 Å². The summed E-state index contributed by atoms with van der Waals surface area (Å²) >= 11 is 0. The average molecular weight is 699 g/mol. The number of anilines is 6. The number of rotatable bonds is 11. The number of para-hydroxylation sites is 2. The lowest BCUT2D eigenvalue weighted by atomic mass is 10.0. The molecule has 5 aromatic rings. The predicted molar refractivity (Wildman–Crippen MR) is 205 cm³/mol. The van der Waals surface area contributed by atoms with E-state index in [2.05, 4.69) is 90.1 Å². The molecule has 2 aliphatic heterocycles. The quantitative estimate of drug-likeness (QED) is 0.110. The molecule has 3 aliphatic rings. The molecule has 2 saturated heterocycles. The van der Waals surface area contributed by atoms with Crippen molar-refractivity contribution in [2.75, 3.05) is 41.0 Å². The number of piperidine rings is 2. The van der Waals surface area contributed by atoms with E-state index in [1.807, 2.05) is 42.6 Å². The zero-order valence-corrected chi connectivity index (χ0v) is 29.6. The van der Waals surface area contributed by atoms with E-state index in [0.717, 1.165) is 85.1 Å². The van der Waals surface area contributed by atoms with Gasteiger partial charge in [-0.3, -0.25) is 24.4 Å². The number of fused-ring (bicyclic) bond motifs is 1. The third-order valence-electron chi connectivity index (χ3n) is 10.7. The van der Waals surface area contributed by atoms with Crippen molar-refractivity contribution in [2.24, 2.45) is 0 Å². The van der Waals surface area contributed by atoms with E-state index < -0.39 is 6.04 Å². The van der Waals surface area contributed by atoms with Crippen LogP contribution in [-0.4, -0.2) is 68.5 Å². The summed E-state index contributed by atoms with van der Waals surface area (Å²) < 4.78 is 2.27. The molecule has 4 heterocycles. The van der Waals surface area contributed by atoms with Gasteiger partial charge in [0.15, 0.2) is 5.65 Å². The minimum absolute atomic E-state index is 0.201. The van der Waals surface area contributed by atoms with Crippen molar-refractivity contribution in [3.8, 4) is 0 Å². The third-order valence-corrected chi connectivity index (χ3v) is 10.7. The highest BCUT2D eigenvalue weighted by Gasteiger charge is 2.28. The zero-order chi connectivity index (χ0) is 35.4. The average Bonchev–Trinajstić information content (AvgIpc) is 3.82. The molecule has 12 nitrogen and oxygen atoms in total. The van der Waals surface area contributed by atoms with Crippen LogP contribution in [0.15, 0.2) is 85.1 Å². The fourth-order valence-corrected chi connectivity index (χ4v) is 7.86. The van der Waals surface area contributed by atoms with Crippen LogP contribution in [0.3, 0.4) is 0 Å². The van der Waals surface area contributed by atoms with Gasteiger partial charge in [0, 0.05) is 60.9 Å². The van der Waals surface area contributed by atoms with Crippen molar-refractivity contribution in [2.45, 2.75) is 76.0 Å². The first kappa shape index (κ1) is 33.6. The molecular formula is C40H46N10O2. The van der Waals surface area contributed by atoms with Crippen LogP contribution >= 0.6 is 0 Å². The summed E-state index contributed by atoms with van der Waals surface area (Å²) in [6.07, 6.45) is 9.47. The van der Waals surface area contributed by atoms with Gasteiger partial charge in [0.2, 0.25) is 23.7 Å². The van der Waals surface area contributed by atoms with Crippen LogP contribution in [0.1, 0.15) is 63.0 Å². The van der Waals surface area contributed by atoms with Crippen molar-refractivity contribution >= 4 is 57.6 Å². The first-order valence-corrected chi connectivity index (χ1v) is 18.5. The molecule has 12 heteroatoms. The first-order valence-electron chi connectivity index (χ1n) is 18.5. The Morgan fingerprint density at radius 1 is 0.827 bits per heavy atom. The minimum atomic E-state index is -0.396. The maximum absolute atomic E-state index is 12.4. The van der Waals surface area contributed by atoms with Crippen LogP contribution in [0.25, 0.3) is 11.2 Å². The highest BCUT2D eigenvalue weighted by atomic mass is 16.2. The first-order chi connectivity index (χ1) is 25.5. The predicted octanol–water partition coefficient (Wildman–Crippen LogP) is 6.75. The fourth-order valence-electron chi connectivity index (χ4n) is 7.86. The topological polar surface area (TPSA) is 132 Å². The van der Waals surface area contributed by atoms with E-state index in [-0.39, 0.29) is 11.8 Å². The summed E-state index contributed by atoms with van der Waals surface area (Å²) in [6, 6.07) is 27.3. The van der Waals surface area contributed by atoms with Crippen LogP contribution in [0.2, 0.25) is 0 Å². The molecule has 3 aromatic carbocycles. The number of nitrogens with one attached hydrogen (secondary N) is 4. The van der Waals surface area contributed by atoms with Gasteiger partial charge in [-0.25, -0.2) is 9.97 Å². The van der Waals surface area contributed by atoms with Gasteiger partial charge in [-0.1, -0.05) is 49.2 Å². The van der Waals surface area contributed by atoms with Gasteiger partial charge in [-0.2, -0.15) is 4.98 Å². The number of aromatic nitrogens is 4. The van der Waals surface area contributed by atoms with Gasteiger partial charge in [0.25, 0.3) is 0 Å². The number of amides is 2. The Bertz CT molecular complexity index is 2020. The van der Waals surface area contributed by atoms with E-state index in [9.17, 15) is 9.59 Å². The number of hydrogen-bond acceptors (Lipinski definition) is 10. The summed E-state index contributed by atoms with van der Waals surface area (Å²) in [4.78, 5) is 43.3. The largest absolute Gasteiger partial charge is 0.373 e. The molecule has 3 fully saturated rings. The Morgan fingerprint density at radius 2 is 1.56 bits per heavy atom. The Hall–Kier alpha value is -5.49. The molecule has 268 valence electrons. The maximum Gasteiger partial charge on any atom is 0.249 e. The van der Waals surface area contributed by atoms with E-state index in [4.69, 9.17) is 9.97 Å². The molecule has 8 rings (SSSR count). The van der Waals surface area contributed by atoms with E-state index in [1.165, 1.54) is 18.5 Å². The molecular weight excluding hydrogens is 653 g/mol. The number of hydrogen-bond donors (Lipinski definition) is 4. The highest BCUT2D eigenvalue weighted by Crippen LogP contribution is 2.36. The van der Waals surface area contributed by atoms with Gasteiger partial charge in [0.05, 0.1) is 6.20 Å². The highest BCUT2D eigenvalue weighted by molar-refractivity contribution is 6.01. The van der Waals surface area contributed by atoms with Gasteiger partial charge in [0.1, 0.15) is 11.6 Å². The van der Waals surface area contributed by atoms with Crippen molar-refractivity contribution in [1.29, 1.82) is 0 Å². The lowest BCUT2D eigenvalue weighted by Gasteiger charge is -2.38. The molecule has 1 unspecified atom stereocenters. The Morgan fingerprint density at radius 3 is 2.33 bits per heavy atom. The Labute approximate surface area is 304 Å². The number of nitrogens with zero attached hydrogens (tertiary/aromatic N) is 6. The van der Waals surface area contributed by atoms with Gasteiger partial charge < -0.3 is 20.9 Å². The maximum atomic E-state index is 12.4. The van der Waals surface area contributed by atoms with Crippen molar-refractivity contribution in [3.63, 3.8) is 0 Å². The summed E-state index contributed by atoms with van der Waals surface area (Å²) in [5.41, 5.74) is 6.88. The number of imidazole rings is 1. The number of carbonyl (C=O) groups excluding carboxylic acids is 2. The van der Waals surface area contributed by atoms with E-state index >= 15 is 0 Å². The summed E-state index contributed by atoms with van der Waals surface area (Å²) in [5, 5.41) is 12.8. The summed E-state index contributed by atoms with van der Waals surface area (Å²) in [5.74, 6) is 0.917. The molecule has 1 atom stereocenters. The molecule has 0 spiro atoms. The van der Waals surface area contributed by atoms with Crippen LogP contribution in [0, 0.1) is 0 Å². The van der Waals surface area contributed by atoms with Crippen molar-refractivity contribution < 1.29 is 9.59 Å². The van der Waals surface area contributed by atoms with Gasteiger partial charge in [-0.15, -0.1) is 0 Å². The smallest absolute Gasteiger partial charge is 0.249 e. The lowest BCUT2D eigenvalue weighted by molar-refractivity contribution is -0.133. The molecule has 1 aliphatic carbocycles. The van der Waals surface area contributed by atoms with Crippen LogP contribution in [-0.2, 0) is 16.1 Å². The monoisotopic (exact) mass is 698 g/mol. The molecule has 1 saturated carbocycles. The Kier molecular flexibility index (Phi) is 9.71. The lowest BCUT2D eigenvalue weighted by Crippen LogP contribution is -2.47. The van der Waals surface area contributed by atoms with Gasteiger partial charge >= 0.3 is 0 Å². The SMILES string of the molecule is CN(Cc1ccccc1NC1CCC(=O)NC1=O)C1CCN(c2ccc(Nc3ncc4nc(Nc5ccccc5)n(C5CCCC5)c4n3)cc2)CC1. The molecule has 0 radical (unpaired) electrons. The molecule has 0 bridgehead atoms. The normalized spacial score (nSPS) is 18.6. The second kappa shape index (κ2) is 15.0. The standard InChI is InChI=1S/C40H46N10O2/c1-48(26-27-9-5-8-14-33(27)44-34-19-20-36(51)46-38(34)52)30-21-23-49(24-22-30)31-17-15-29(16-18-31)42-39-41-25-35-37(47-39)50(32-12-6-7-13-32)40(45-35)43-28-10-3-2-4-11-28/h2-5,8-11,14-18,25,30,32,34,44H,6-7,12-13,19-24,26H2,1H3,(H,43,45)(H,41,42,47)(H,46,51,52). The van der Waals surface area contributed by atoms with Crippen molar-refractivity contribution in [1.82, 2.24) is 29.7 Å². The molecule has 52 heavy (non-hydrogen) atoms. The minimum Gasteiger partial charge on any atom is -0.373 e. The second-order valence-corrected chi connectivity index (χ2v) is 14.2. The number of carbonyl (C=O) groups is 2. The zero-order valence-electron chi connectivity index (χ0n) is 29.6.